The Bertz CT molecular complexity index is 552. The van der Waals surface area contributed by atoms with Crippen LogP contribution in [0, 0.1) is 10.1 Å². The molecule has 1 aromatic rings. The normalized spacial score (nSPS) is 21.8. The summed E-state index contributed by atoms with van der Waals surface area (Å²) < 4.78 is 0.466. The van der Waals surface area contributed by atoms with Crippen LogP contribution in [-0.2, 0) is 0 Å². The fraction of sp³-hybridized carbons (Fsp3) is 0.417. The lowest BCUT2D eigenvalue weighted by molar-refractivity contribution is -0.385. The minimum Gasteiger partial charge on any atom is -0.390 e. The third-order valence-corrected chi connectivity index (χ3v) is 3.77. The number of carbonyl (C=O) groups excluding carboxylic acids is 1. The van der Waals surface area contributed by atoms with E-state index in [9.17, 15) is 20.0 Å². The first-order chi connectivity index (χ1) is 9.40. The van der Waals surface area contributed by atoms with Crippen LogP contribution in [0.4, 0.5) is 5.69 Å². The molecule has 0 saturated carbocycles. The summed E-state index contributed by atoms with van der Waals surface area (Å²) in [6.07, 6.45) is -0.633. The molecule has 0 spiro atoms. The van der Waals surface area contributed by atoms with Crippen molar-refractivity contribution in [3.05, 3.63) is 38.3 Å². The third-order valence-electron chi connectivity index (χ3n) is 3.31. The Morgan fingerprint density at radius 2 is 2.20 bits per heavy atom. The predicted molar refractivity (Wildman–Crippen MR) is 75.6 cm³/mol. The number of non-ortho nitro benzene ring substituents is 1. The minimum atomic E-state index is -0.633. The lowest BCUT2D eigenvalue weighted by atomic mass is 10.1. The molecular formula is C12H14BrN3O4. The summed E-state index contributed by atoms with van der Waals surface area (Å²) in [5.74, 6) is -0.359. The number of benzene rings is 1. The zero-order chi connectivity index (χ0) is 14.9. The van der Waals surface area contributed by atoms with Crippen molar-refractivity contribution in [2.45, 2.75) is 12.1 Å². The van der Waals surface area contributed by atoms with E-state index >= 15 is 0 Å². The minimum absolute atomic E-state index is 0.152. The summed E-state index contributed by atoms with van der Waals surface area (Å²) in [6.45, 7) is 0.931. The number of nitro benzene ring substituents is 1. The molecule has 0 aliphatic carbocycles. The topological polar surface area (TPSA) is 95.7 Å². The molecule has 2 rings (SSSR count). The predicted octanol–water partition coefficient (Wildman–Crippen LogP) is 0.762. The highest BCUT2D eigenvalue weighted by molar-refractivity contribution is 9.10. The Kier molecular flexibility index (Phi) is 4.36. The summed E-state index contributed by atoms with van der Waals surface area (Å²) in [4.78, 5) is 24.0. The van der Waals surface area contributed by atoms with E-state index in [-0.39, 0.29) is 23.2 Å². The van der Waals surface area contributed by atoms with Gasteiger partial charge in [0.1, 0.15) is 0 Å². The van der Waals surface area contributed by atoms with Crippen LogP contribution in [0.25, 0.3) is 0 Å². The van der Waals surface area contributed by atoms with Crippen molar-refractivity contribution in [2.75, 3.05) is 20.1 Å². The summed E-state index contributed by atoms with van der Waals surface area (Å²) in [7, 11) is 1.58. The average molecular weight is 344 g/mol. The molecule has 1 aliphatic heterocycles. The van der Waals surface area contributed by atoms with Crippen LogP contribution >= 0.6 is 15.9 Å². The number of likely N-dealkylation sites (N-methyl/N-ethyl adjacent to an activating group) is 1. The number of nitro groups is 1. The van der Waals surface area contributed by atoms with E-state index in [4.69, 9.17) is 0 Å². The lowest BCUT2D eigenvalue weighted by Gasteiger charge is -2.26. The Morgan fingerprint density at radius 1 is 1.50 bits per heavy atom. The third kappa shape index (κ3) is 2.97. The molecule has 7 nitrogen and oxygen atoms in total. The molecule has 2 N–H and O–H groups in total. The Morgan fingerprint density at radius 3 is 2.75 bits per heavy atom. The number of amides is 1. The average Bonchev–Trinajstić information content (AvgIpc) is 2.82. The maximum absolute atomic E-state index is 12.3. The number of hydrogen-bond acceptors (Lipinski definition) is 5. The van der Waals surface area contributed by atoms with Crippen LogP contribution in [0.1, 0.15) is 10.4 Å². The SMILES string of the molecule is CN(C(=O)c1cc(Br)cc([N+](=O)[O-])c1)[C@@H]1CNC[C@H]1O. The molecule has 0 bridgehead atoms. The van der Waals surface area contributed by atoms with Crippen LogP contribution < -0.4 is 5.32 Å². The first kappa shape index (κ1) is 14.9. The molecule has 1 saturated heterocycles. The van der Waals surface area contributed by atoms with Gasteiger partial charge in [-0.05, 0) is 6.07 Å². The van der Waals surface area contributed by atoms with Gasteiger partial charge in [0.05, 0.1) is 17.1 Å². The van der Waals surface area contributed by atoms with Gasteiger partial charge in [0, 0.05) is 42.3 Å². The number of nitrogens with one attached hydrogen (secondary N) is 1. The highest BCUT2D eigenvalue weighted by atomic mass is 79.9. The molecule has 0 radical (unpaired) electrons. The van der Waals surface area contributed by atoms with Gasteiger partial charge in [-0.3, -0.25) is 14.9 Å². The van der Waals surface area contributed by atoms with Crippen molar-refractivity contribution >= 4 is 27.5 Å². The van der Waals surface area contributed by atoms with Crippen LogP contribution in [0.15, 0.2) is 22.7 Å². The molecule has 1 heterocycles. The van der Waals surface area contributed by atoms with E-state index in [0.717, 1.165) is 0 Å². The Balaban J connectivity index is 2.26. The highest BCUT2D eigenvalue weighted by Crippen LogP contribution is 2.23. The van der Waals surface area contributed by atoms with E-state index < -0.39 is 11.0 Å². The van der Waals surface area contributed by atoms with E-state index in [2.05, 4.69) is 21.2 Å². The van der Waals surface area contributed by atoms with E-state index in [1.807, 2.05) is 0 Å². The van der Waals surface area contributed by atoms with Crippen molar-refractivity contribution in [3.63, 3.8) is 0 Å². The van der Waals surface area contributed by atoms with Crippen molar-refractivity contribution in [1.29, 1.82) is 0 Å². The zero-order valence-electron chi connectivity index (χ0n) is 10.7. The number of halogens is 1. The molecule has 1 amide bonds. The first-order valence-electron chi connectivity index (χ1n) is 6.01. The van der Waals surface area contributed by atoms with Crippen LogP contribution in [0.5, 0.6) is 0 Å². The molecule has 108 valence electrons. The van der Waals surface area contributed by atoms with E-state index in [0.29, 0.717) is 17.6 Å². The van der Waals surface area contributed by atoms with Crippen LogP contribution in [0.2, 0.25) is 0 Å². The second-order valence-corrected chi connectivity index (χ2v) is 5.58. The quantitative estimate of drug-likeness (QED) is 0.624. The number of aliphatic hydroxyl groups is 1. The van der Waals surface area contributed by atoms with Gasteiger partial charge in [0.25, 0.3) is 11.6 Å². The summed E-state index contributed by atoms with van der Waals surface area (Å²) in [5.41, 5.74) is 0.0638. The molecule has 0 aromatic heterocycles. The molecule has 2 atom stereocenters. The highest BCUT2D eigenvalue weighted by Gasteiger charge is 2.32. The zero-order valence-corrected chi connectivity index (χ0v) is 12.3. The largest absolute Gasteiger partial charge is 0.390 e. The second kappa shape index (κ2) is 5.86. The number of hydrogen-bond donors (Lipinski definition) is 2. The van der Waals surface area contributed by atoms with Gasteiger partial charge in [-0.1, -0.05) is 15.9 Å². The molecule has 0 unspecified atom stereocenters. The lowest BCUT2D eigenvalue weighted by Crippen LogP contribution is -2.44. The number of aliphatic hydroxyl groups excluding tert-OH is 1. The molecule has 20 heavy (non-hydrogen) atoms. The summed E-state index contributed by atoms with van der Waals surface area (Å²) in [5, 5.41) is 23.6. The fourth-order valence-corrected chi connectivity index (χ4v) is 2.68. The number of nitrogens with zero attached hydrogens (tertiary/aromatic N) is 2. The molecular weight excluding hydrogens is 330 g/mol. The maximum Gasteiger partial charge on any atom is 0.271 e. The van der Waals surface area contributed by atoms with Crippen molar-refractivity contribution < 1.29 is 14.8 Å². The Hall–Kier alpha value is -1.51. The first-order valence-corrected chi connectivity index (χ1v) is 6.80. The van der Waals surface area contributed by atoms with Gasteiger partial charge >= 0.3 is 0 Å². The van der Waals surface area contributed by atoms with Gasteiger partial charge in [-0.2, -0.15) is 0 Å². The van der Waals surface area contributed by atoms with E-state index in [1.54, 1.807) is 7.05 Å². The van der Waals surface area contributed by atoms with Crippen LogP contribution in [-0.4, -0.2) is 53.1 Å². The molecule has 1 aromatic carbocycles. The molecule has 8 heteroatoms. The summed E-state index contributed by atoms with van der Waals surface area (Å²) in [6, 6.07) is 3.77. The smallest absolute Gasteiger partial charge is 0.271 e. The van der Waals surface area contributed by atoms with Gasteiger partial charge in [-0.15, -0.1) is 0 Å². The van der Waals surface area contributed by atoms with Crippen molar-refractivity contribution in [1.82, 2.24) is 10.2 Å². The summed E-state index contributed by atoms with van der Waals surface area (Å²) >= 11 is 3.16. The van der Waals surface area contributed by atoms with Crippen LogP contribution in [0.3, 0.4) is 0 Å². The van der Waals surface area contributed by atoms with E-state index in [1.165, 1.54) is 23.1 Å². The Labute approximate surface area is 123 Å². The molecule has 1 fully saturated rings. The number of carbonyl (C=O) groups is 1. The second-order valence-electron chi connectivity index (χ2n) is 4.66. The van der Waals surface area contributed by atoms with Gasteiger partial charge in [-0.25, -0.2) is 0 Å². The van der Waals surface area contributed by atoms with Crippen molar-refractivity contribution in [3.8, 4) is 0 Å². The maximum atomic E-state index is 12.3. The monoisotopic (exact) mass is 343 g/mol. The van der Waals surface area contributed by atoms with Crippen molar-refractivity contribution in [2.24, 2.45) is 0 Å². The fourth-order valence-electron chi connectivity index (χ4n) is 2.20. The molecule has 1 aliphatic rings. The van der Waals surface area contributed by atoms with Gasteiger partial charge < -0.3 is 15.3 Å². The number of β-amino-alcohol motifs (C(OH)–C–C–N with tert-alkyl or cyclic N) is 1. The van der Waals surface area contributed by atoms with Gasteiger partial charge in [0.15, 0.2) is 0 Å². The van der Waals surface area contributed by atoms with Gasteiger partial charge in [0.2, 0.25) is 0 Å². The standard InChI is InChI=1S/C12H14BrN3O4/c1-15(10-5-14-6-11(10)17)12(18)7-2-8(13)4-9(3-7)16(19)20/h2-4,10-11,14,17H,5-6H2,1H3/t10-,11-/m1/s1. The number of rotatable bonds is 3.